The van der Waals surface area contributed by atoms with Crippen molar-refractivity contribution < 1.29 is 9.53 Å². The van der Waals surface area contributed by atoms with Gasteiger partial charge in [0.05, 0.1) is 13.7 Å². The number of anilines is 1. The van der Waals surface area contributed by atoms with Crippen molar-refractivity contribution in [3.05, 3.63) is 58.6 Å². The number of carbonyl (C=O) groups excluding carboxylic acids is 1. The molecule has 0 fully saturated rings. The molecule has 0 saturated heterocycles. The summed E-state index contributed by atoms with van der Waals surface area (Å²) in [5, 5.41) is 10.0. The Balaban J connectivity index is 0.00000420. The highest BCUT2D eigenvalue weighted by Gasteiger charge is 2.04. The van der Waals surface area contributed by atoms with Crippen molar-refractivity contribution in [2.75, 3.05) is 25.5 Å². The molecule has 0 heterocycles. The third kappa shape index (κ3) is 8.91. The summed E-state index contributed by atoms with van der Waals surface area (Å²) in [7, 11) is 1.62. The molecule has 158 valence electrons. The van der Waals surface area contributed by atoms with Crippen molar-refractivity contribution in [3.63, 3.8) is 0 Å². The quantitative estimate of drug-likeness (QED) is 0.271. The zero-order valence-electron chi connectivity index (χ0n) is 16.9. The largest absolute Gasteiger partial charge is 0.497 e. The highest BCUT2D eigenvalue weighted by atomic mass is 127. The van der Waals surface area contributed by atoms with E-state index >= 15 is 0 Å². The second-order valence-corrected chi connectivity index (χ2v) is 6.62. The summed E-state index contributed by atoms with van der Waals surface area (Å²) in [6, 6.07) is 13.4. The first-order valence-electron chi connectivity index (χ1n) is 9.23. The van der Waals surface area contributed by atoms with Gasteiger partial charge in [-0.25, -0.2) is 4.99 Å². The molecule has 29 heavy (non-hydrogen) atoms. The van der Waals surface area contributed by atoms with Gasteiger partial charge in [0.15, 0.2) is 5.96 Å². The predicted molar refractivity (Wildman–Crippen MR) is 131 cm³/mol. The van der Waals surface area contributed by atoms with Crippen molar-refractivity contribution in [2.24, 2.45) is 4.99 Å². The van der Waals surface area contributed by atoms with Crippen LogP contribution in [-0.2, 0) is 17.8 Å². The minimum Gasteiger partial charge on any atom is -0.497 e. The second-order valence-electron chi connectivity index (χ2n) is 6.21. The van der Waals surface area contributed by atoms with Gasteiger partial charge < -0.3 is 20.7 Å². The van der Waals surface area contributed by atoms with Crippen LogP contribution in [0.1, 0.15) is 25.0 Å². The predicted octanol–water partition coefficient (Wildman–Crippen LogP) is 4.22. The summed E-state index contributed by atoms with van der Waals surface area (Å²) in [6.07, 6.45) is 0.769. The van der Waals surface area contributed by atoms with E-state index in [9.17, 15) is 4.79 Å². The first kappa shape index (κ1) is 25.0. The van der Waals surface area contributed by atoms with E-state index in [2.05, 4.69) is 20.9 Å². The summed E-state index contributed by atoms with van der Waals surface area (Å²) in [5.41, 5.74) is 2.84. The van der Waals surface area contributed by atoms with Gasteiger partial charge in [0.1, 0.15) is 5.75 Å². The monoisotopic (exact) mass is 530 g/mol. The van der Waals surface area contributed by atoms with Crippen LogP contribution >= 0.6 is 35.6 Å². The number of methoxy groups -OCH3 is 1. The van der Waals surface area contributed by atoms with Crippen LogP contribution in [0.2, 0.25) is 5.02 Å². The number of hydrogen-bond donors (Lipinski definition) is 3. The van der Waals surface area contributed by atoms with Gasteiger partial charge in [-0.05, 0) is 48.7 Å². The van der Waals surface area contributed by atoms with Crippen molar-refractivity contribution in [1.29, 1.82) is 0 Å². The number of aliphatic imine (C=N–C) groups is 1. The van der Waals surface area contributed by atoms with Crippen LogP contribution in [0, 0.1) is 0 Å². The molecule has 0 saturated carbocycles. The third-order valence-electron chi connectivity index (χ3n) is 3.96. The summed E-state index contributed by atoms with van der Waals surface area (Å²) in [5.74, 6) is 1.39. The Bertz CT molecular complexity index is 830. The second kappa shape index (κ2) is 13.3. The molecule has 0 bridgehead atoms. The van der Waals surface area contributed by atoms with Gasteiger partial charge in [-0.2, -0.15) is 0 Å². The van der Waals surface area contributed by atoms with E-state index in [4.69, 9.17) is 16.3 Å². The Morgan fingerprint density at radius 2 is 1.97 bits per heavy atom. The number of rotatable bonds is 8. The number of carbonyl (C=O) groups is 1. The smallest absolute Gasteiger partial charge is 0.221 e. The van der Waals surface area contributed by atoms with Crippen molar-refractivity contribution in [3.8, 4) is 5.75 Å². The van der Waals surface area contributed by atoms with Crippen LogP contribution in [0.25, 0.3) is 0 Å². The number of ether oxygens (including phenoxy) is 1. The van der Waals surface area contributed by atoms with E-state index in [1.54, 1.807) is 7.11 Å². The van der Waals surface area contributed by atoms with E-state index in [0.29, 0.717) is 18.1 Å². The molecule has 0 aromatic heterocycles. The highest BCUT2D eigenvalue weighted by Crippen LogP contribution is 2.22. The maximum atomic E-state index is 11.2. The summed E-state index contributed by atoms with van der Waals surface area (Å²) in [6.45, 7) is 5.49. The maximum absolute atomic E-state index is 11.2. The molecular weight excluding hydrogens is 503 g/mol. The molecule has 1 amide bonds. The lowest BCUT2D eigenvalue weighted by Gasteiger charge is -2.12. The lowest BCUT2D eigenvalue weighted by atomic mass is 10.1. The fourth-order valence-electron chi connectivity index (χ4n) is 2.64. The molecule has 8 heteroatoms. The van der Waals surface area contributed by atoms with Crippen LogP contribution in [0.3, 0.4) is 0 Å². The first-order valence-corrected chi connectivity index (χ1v) is 9.60. The first-order chi connectivity index (χ1) is 13.5. The Hall–Kier alpha value is -2.00. The van der Waals surface area contributed by atoms with Crippen molar-refractivity contribution >= 4 is 53.1 Å². The fraction of sp³-hybridized carbons (Fsp3) is 0.333. The van der Waals surface area contributed by atoms with Gasteiger partial charge in [0.25, 0.3) is 0 Å². The Morgan fingerprint density at radius 1 is 1.17 bits per heavy atom. The number of guanidine groups is 1. The maximum Gasteiger partial charge on any atom is 0.221 e. The SMILES string of the molecule is CCNC(=NCc1cccc(NC(C)=O)c1)NCCc1ccc(OC)cc1Cl.I. The molecule has 0 atom stereocenters. The van der Waals surface area contributed by atoms with Crippen LogP contribution in [0.15, 0.2) is 47.5 Å². The molecule has 0 spiro atoms. The number of hydrogen-bond acceptors (Lipinski definition) is 3. The number of nitrogens with one attached hydrogen (secondary N) is 3. The van der Waals surface area contributed by atoms with Crippen LogP contribution in [0.4, 0.5) is 5.69 Å². The summed E-state index contributed by atoms with van der Waals surface area (Å²) in [4.78, 5) is 15.8. The van der Waals surface area contributed by atoms with Crippen molar-refractivity contribution in [1.82, 2.24) is 10.6 Å². The van der Waals surface area contributed by atoms with Gasteiger partial charge in [0, 0.05) is 30.7 Å². The van der Waals surface area contributed by atoms with Crippen LogP contribution in [-0.4, -0.2) is 32.1 Å². The van der Waals surface area contributed by atoms with Gasteiger partial charge in [-0.15, -0.1) is 24.0 Å². The van der Waals surface area contributed by atoms with E-state index in [1.165, 1.54) is 6.92 Å². The highest BCUT2D eigenvalue weighted by molar-refractivity contribution is 14.0. The molecule has 6 nitrogen and oxygen atoms in total. The standard InChI is InChI=1S/C21H27ClN4O2.HI/c1-4-23-21(24-11-10-17-8-9-19(28-3)13-20(17)22)25-14-16-6-5-7-18(12-16)26-15(2)27;/h5-9,12-13H,4,10-11,14H2,1-3H3,(H,26,27)(H2,23,24,25);1H. The van der Waals surface area contributed by atoms with E-state index in [0.717, 1.165) is 41.5 Å². The molecule has 0 radical (unpaired) electrons. The zero-order chi connectivity index (χ0) is 20.4. The minimum atomic E-state index is -0.0900. The summed E-state index contributed by atoms with van der Waals surface area (Å²) < 4.78 is 5.18. The molecule has 0 aliphatic heterocycles. The molecule has 2 rings (SSSR count). The van der Waals surface area contributed by atoms with E-state index in [-0.39, 0.29) is 29.9 Å². The normalized spacial score (nSPS) is 10.7. The van der Waals surface area contributed by atoms with Crippen LogP contribution in [0.5, 0.6) is 5.75 Å². The number of benzene rings is 2. The fourth-order valence-corrected chi connectivity index (χ4v) is 2.90. The summed E-state index contributed by atoms with van der Waals surface area (Å²) >= 11 is 6.29. The lowest BCUT2D eigenvalue weighted by molar-refractivity contribution is -0.114. The molecule has 0 aliphatic carbocycles. The van der Waals surface area contributed by atoms with Gasteiger partial charge >= 0.3 is 0 Å². The number of nitrogens with zero attached hydrogens (tertiary/aromatic N) is 1. The van der Waals surface area contributed by atoms with Gasteiger partial charge in [0.2, 0.25) is 5.91 Å². The van der Waals surface area contributed by atoms with Crippen LogP contribution < -0.4 is 20.7 Å². The Morgan fingerprint density at radius 3 is 2.62 bits per heavy atom. The Kier molecular flexibility index (Phi) is 11.5. The Labute approximate surface area is 194 Å². The topological polar surface area (TPSA) is 74.8 Å². The molecule has 0 aliphatic rings. The number of halogens is 2. The molecule has 3 N–H and O–H groups in total. The number of amides is 1. The van der Waals surface area contributed by atoms with Crippen molar-refractivity contribution in [2.45, 2.75) is 26.8 Å². The lowest BCUT2D eigenvalue weighted by Crippen LogP contribution is -2.38. The average molecular weight is 531 g/mol. The van der Waals surface area contributed by atoms with E-state index < -0.39 is 0 Å². The molecular formula is C21H28ClIN4O2. The van der Waals surface area contributed by atoms with E-state index in [1.807, 2.05) is 49.4 Å². The average Bonchev–Trinajstić information content (AvgIpc) is 2.67. The third-order valence-corrected chi connectivity index (χ3v) is 4.31. The molecule has 2 aromatic rings. The van der Waals surface area contributed by atoms with Gasteiger partial charge in [-0.1, -0.05) is 29.8 Å². The molecule has 2 aromatic carbocycles. The molecule has 0 unspecified atom stereocenters. The zero-order valence-corrected chi connectivity index (χ0v) is 20.0. The minimum absolute atomic E-state index is 0. The van der Waals surface area contributed by atoms with Gasteiger partial charge in [-0.3, -0.25) is 4.79 Å².